The normalized spacial score (nSPS) is 11.1. The number of nitrogens with one attached hydrogen (secondary N) is 2. The van der Waals surface area contributed by atoms with Crippen molar-refractivity contribution in [1.29, 1.82) is 5.26 Å². The number of nitriles is 1. The number of hydrogen-bond acceptors (Lipinski definition) is 3. The number of anilines is 1. The van der Waals surface area contributed by atoms with Crippen LogP contribution in [0, 0.1) is 11.5 Å². The number of aliphatic imine (C=N–C) groups is 1. The Hall–Kier alpha value is -2.26. The highest BCUT2D eigenvalue weighted by atomic mass is 32.1. The first kappa shape index (κ1) is 14.8. The Morgan fingerprint density at radius 2 is 2.16 bits per heavy atom. The van der Waals surface area contributed by atoms with Crippen LogP contribution in [0.15, 0.2) is 35.3 Å². The Labute approximate surface area is 117 Å². The lowest BCUT2D eigenvalue weighted by Gasteiger charge is -2.02. The van der Waals surface area contributed by atoms with Crippen molar-refractivity contribution in [3.63, 3.8) is 0 Å². The molecule has 0 unspecified atom stereocenters. The van der Waals surface area contributed by atoms with Gasteiger partial charge in [0.2, 0.25) is 12.1 Å². The highest BCUT2D eigenvalue weighted by Gasteiger charge is 1.94. The molecule has 0 spiro atoms. The molecule has 1 aromatic carbocycles. The molecule has 98 valence electrons. The van der Waals surface area contributed by atoms with Crippen molar-refractivity contribution in [2.45, 2.75) is 6.92 Å². The molecule has 0 heterocycles. The molecule has 0 atom stereocenters. The minimum absolute atomic E-state index is 0.0921. The van der Waals surface area contributed by atoms with Crippen LogP contribution in [0.25, 0.3) is 6.08 Å². The second kappa shape index (κ2) is 7.95. The molecular weight excluding hydrogens is 260 g/mol. The minimum Gasteiger partial charge on any atom is -0.361 e. The highest BCUT2D eigenvalue weighted by molar-refractivity contribution is 7.96. The molecule has 0 fully saturated rings. The maximum atomic E-state index is 10.9. The average Bonchev–Trinajstić information content (AvgIpc) is 2.36. The van der Waals surface area contributed by atoms with Crippen molar-refractivity contribution in [3.05, 3.63) is 35.9 Å². The summed E-state index contributed by atoms with van der Waals surface area (Å²) in [5, 5.41) is 14.1. The molecule has 0 aliphatic carbocycles. The first-order valence-corrected chi connectivity index (χ1v) is 6.00. The summed E-state index contributed by atoms with van der Waals surface area (Å²) in [5.74, 6) is -0.0921. The summed E-state index contributed by atoms with van der Waals surface area (Å²) in [4.78, 5) is 14.3. The topological polar surface area (TPSA) is 77.3 Å². The third kappa shape index (κ3) is 6.29. The van der Waals surface area contributed by atoms with Gasteiger partial charge in [-0.05, 0) is 17.7 Å². The Balaban J connectivity index is 2.47. The first-order chi connectivity index (χ1) is 9.11. The second-order valence-electron chi connectivity index (χ2n) is 3.62. The minimum atomic E-state index is -0.0921. The largest absolute Gasteiger partial charge is 0.361 e. The molecule has 1 aromatic rings. The quantitative estimate of drug-likeness (QED) is 0.340. The summed E-state index contributed by atoms with van der Waals surface area (Å²) >= 11 is 3.96. The first-order valence-electron chi connectivity index (χ1n) is 5.55. The van der Waals surface area contributed by atoms with Crippen molar-refractivity contribution in [3.8, 4) is 6.19 Å². The van der Waals surface area contributed by atoms with Crippen LogP contribution in [0.1, 0.15) is 12.5 Å². The molecule has 0 aliphatic rings. The number of rotatable bonds is 4. The van der Waals surface area contributed by atoms with Gasteiger partial charge in [0.25, 0.3) is 0 Å². The van der Waals surface area contributed by atoms with E-state index in [2.05, 4.69) is 28.3 Å². The highest BCUT2D eigenvalue weighted by Crippen LogP contribution is 2.10. The Morgan fingerprint density at radius 1 is 1.47 bits per heavy atom. The summed E-state index contributed by atoms with van der Waals surface area (Å²) in [5.41, 5.74) is 1.77. The van der Waals surface area contributed by atoms with Crippen LogP contribution in [0.3, 0.4) is 0 Å². The summed E-state index contributed by atoms with van der Waals surface area (Å²) in [6.07, 6.45) is 5.44. The monoisotopic (exact) mass is 274 g/mol. The van der Waals surface area contributed by atoms with Crippen LogP contribution >= 0.6 is 12.6 Å². The van der Waals surface area contributed by atoms with Gasteiger partial charge in [-0.1, -0.05) is 24.3 Å². The molecule has 1 amide bonds. The molecule has 0 aliphatic heterocycles. The maximum Gasteiger partial charge on any atom is 0.221 e. The Bertz CT molecular complexity index is 529. The third-order valence-corrected chi connectivity index (χ3v) is 2.33. The van der Waals surface area contributed by atoms with E-state index in [0.29, 0.717) is 6.54 Å². The van der Waals surface area contributed by atoms with Crippen molar-refractivity contribution >= 4 is 35.5 Å². The van der Waals surface area contributed by atoms with E-state index in [1.807, 2.05) is 36.4 Å². The molecule has 0 radical (unpaired) electrons. The van der Waals surface area contributed by atoms with Gasteiger partial charge >= 0.3 is 0 Å². The van der Waals surface area contributed by atoms with Gasteiger partial charge in [0.15, 0.2) is 5.17 Å². The fourth-order valence-corrected chi connectivity index (χ4v) is 1.45. The Morgan fingerprint density at radius 3 is 2.74 bits per heavy atom. The number of carbonyl (C=O) groups excluding carboxylic acids is 1. The number of hydrogen-bond donors (Lipinski definition) is 3. The van der Waals surface area contributed by atoms with Gasteiger partial charge in [0.05, 0.1) is 0 Å². The van der Waals surface area contributed by atoms with Crippen molar-refractivity contribution in [2.75, 3.05) is 11.9 Å². The van der Waals surface area contributed by atoms with Gasteiger partial charge in [-0.3, -0.25) is 4.79 Å². The van der Waals surface area contributed by atoms with Crippen LogP contribution in [-0.4, -0.2) is 17.6 Å². The van der Waals surface area contributed by atoms with Crippen LogP contribution in [0.5, 0.6) is 0 Å². The number of benzene rings is 1. The SMILES string of the molecule is CC(=O)Nc1ccc(/C=C/CN/C(S)=N/C#N)cc1. The Kier molecular flexibility index (Phi) is 6.19. The number of thiol groups is 1. The van der Waals surface area contributed by atoms with E-state index in [9.17, 15) is 4.79 Å². The van der Waals surface area contributed by atoms with E-state index in [1.54, 1.807) is 6.19 Å². The predicted molar refractivity (Wildman–Crippen MR) is 79.8 cm³/mol. The number of amides is 1. The fraction of sp³-hybridized carbons (Fsp3) is 0.154. The molecule has 1 rings (SSSR count). The van der Waals surface area contributed by atoms with E-state index < -0.39 is 0 Å². The molecule has 0 aromatic heterocycles. The number of nitrogens with zero attached hydrogens (tertiary/aromatic N) is 2. The standard InChI is InChI=1S/C13H14N4OS/c1-10(18)17-12-6-4-11(5-7-12)3-2-8-15-13(19)16-9-14/h2-7H,8H2,1H3,(H,17,18)(H2,15,16,19)/b3-2+. The van der Waals surface area contributed by atoms with Crippen LogP contribution in [0.2, 0.25) is 0 Å². The third-order valence-electron chi connectivity index (χ3n) is 2.08. The number of carbonyl (C=O) groups is 1. The van der Waals surface area contributed by atoms with Crippen LogP contribution < -0.4 is 10.6 Å². The van der Waals surface area contributed by atoms with E-state index in [4.69, 9.17) is 5.26 Å². The van der Waals surface area contributed by atoms with Crippen molar-refractivity contribution in [2.24, 2.45) is 4.99 Å². The van der Waals surface area contributed by atoms with E-state index in [-0.39, 0.29) is 11.1 Å². The van der Waals surface area contributed by atoms with E-state index in [1.165, 1.54) is 6.92 Å². The fourth-order valence-electron chi connectivity index (χ4n) is 1.31. The molecule has 0 saturated heterocycles. The molecule has 6 heteroatoms. The van der Waals surface area contributed by atoms with Crippen molar-refractivity contribution in [1.82, 2.24) is 5.32 Å². The zero-order valence-corrected chi connectivity index (χ0v) is 11.3. The average molecular weight is 274 g/mol. The van der Waals surface area contributed by atoms with Gasteiger partial charge in [-0.15, -0.1) is 17.6 Å². The molecule has 2 N–H and O–H groups in total. The second-order valence-corrected chi connectivity index (χ2v) is 4.05. The molecule has 19 heavy (non-hydrogen) atoms. The smallest absolute Gasteiger partial charge is 0.221 e. The van der Waals surface area contributed by atoms with E-state index >= 15 is 0 Å². The summed E-state index contributed by atoms with van der Waals surface area (Å²) < 4.78 is 0. The molecule has 0 saturated carbocycles. The van der Waals surface area contributed by atoms with Gasteiger partial charge in [-0.2, -0.15) is 5.26 Å². The molecule has 0 bridgehead atoms. The van der Waals surface area contributed by atoms with Crippen LogP contribution in [-0.2, 0) is 4.79 Å². The summed E-state index contributed by atoms with van der Waals surface area (Å²) in [7, 11) is 0. The number of amidine groups is 1. The van der Waals surface area contributed by atoms with Crippen molar-refractivity contribution < 1.29 is 4.79 Å². The van der Waals surface area contributed by atoms with Gasteiger partial charge in [-0.25, -0.2) is 0 Å². The molecule has 5 nitrogen and oxygen atoms in total. The van der Waals surface area contributed by atoms with E-state index in [0.717, 1.165) is 11.3 Å². The summed E-state index contributed by atoms with van der Waals surface area (Å²) in [6, 6.07) is 7.45. The van der Waals surface area contributed by atoms with Gasteiger partial charge in [0.1, 0.15) is 0 Å². The zero-order chi connectivity index (χ0) is 14.1. The summed E-state index contributed by atoms with van der Waals surface area (Å²) in [6.45, 7) is 1.99. The van der Waals surface area contributed by atoms with Gasteiger partial charge in [0, 0.05) is 19.2 Å². The molecular formula is C13H14N4OS. The lowest BCUT2D eigenvalue weighted by atomic mass is 10.2. The maximum absolute atomic E-state index is 10.9. The lowest BCUT2D eigenvalue weighted by molar-refractivity contribution is -0.114. The zero-order valence-electron chi connectivity index (χ0n) is 10.4. The van der Waals surface area contributed by atoms with Crippen LogP contribution in [0.4, 0.5) is 5.69 Å². The predicted octanol–water partition coefficient (Wildman–Crippen LogP) is 2.01. The lowest BCUT2D eigenvalue weighted by Crippen LogP contribution is -2.17. The van der Waals surface area contributed by atoms with Gasteiger partial charge < -0.3 is 10.6 Å².